The fraction of sp³-hybridized carbons (Fsp3) is 0.250. The second-order valence-electron chi connectivity index (χ2n) is 5.29. The van der Waals surface area contributed by atoms with Crippen LogP contribution in [0.3, 0.4) is 0 Å². The molecule has 2 aromatic heterocycles. The van der Waals surface area contributed by atoms with E-state index in [0.717, 1.165) is 11.1 Å². The van der Waals surface area contributed by atoms with Crippen molar-refractivity contribution in [1.29, 1.82) is 0 Å². The summed E-state index contributed by atoms with van der Waals surface area (Å²) in [4.78, 5) is 16.3. The number of carbonyl (C=O) groups is 1. The smallest absolute Gasteiger partial charge is 0.254 e. The quantitative estimate of drug-likeness (QED) is 0.773. The number of nitrogens with one attached hydrogen (secondary N) is 1. The summed E-state index contributed by atoms with van der Waals surface area (Å²) in [6, 6.07) is 7.33. The van der Waals surface area contributed by atoms with Crippen molar-refractivity contribution in [2.45, 2.75) is 13.0 Å². The molecule has 0 spiro atoms. The molecule has 3 aromatic rings. The van der Waals surface area contributed by atoms with Crippen LogP contribution in [0.1, 0.15) is 17.3 Å². The van der Waals surface area contributed by atoms with Crippen molar-refractivity contribution < 1.29 is 9.53 Å². The number of rotatable bonds is 5. The van der Waals surface area contributed by atoms with Crippen LogP contribution in [0, 0.1) is 0 Å². The molecule has 2 heterocycles. The molecule has 7 nitrogen and oxygen atoms in total. The molecule has 1 amide bonds. The summed E-state index contributed by atoms with van der Waals surface area (Å²) in [6.07, 6.45) is 5.24. The van der Waals surface area contributed by atoms with E-state index in [4.69, 9.17) is 4.74 Å². The van der Waals surface area contributed by atoms with Crippen LogP contribution in [0.2, 0.25) is 0 Å². The van der Waals surface area contributed by atoms with Crippen LogP contribution in [0.4, 0.5) is 0 Å². The Balaban J connectivity index is 1.77. The highest BCUT2D eigenvalue weighted by Crippen LogP contribution is 2.19. The number of aromatic nitrogens is 4. The van der Waals surface area contributed by atoms with Crippen molar-refractivity contribution in [3.8, 4) is 11.1 Å². The van der Waals surface area contributed by atoms with Gasteiger partial charge in [-0.15, -0.1) is 10.2 Å². The molecule has 0 unspecified atom stereocenters. The van der Waals surface area contributed by atoms with Crippen molar-refractivity contribution in [2.75, 3.05) is 13.7 Å². The molecule has 0 aliphatic rings. The van der Waals surface area contributed by atoms with Crippen LogP contribution < -0.4 is 5.32 Å². The minimum atomic E-state index is -0.117. The van der Waals surface area contributed by atoms with Crippen LogP contribution in [0.25, 0.3) is 16.9 Å². The van der Waals surface area contributed by atoms with Gasteiger partial charge in [0.05, 0.1) is 6.61 Å². The topological polar surface area (TPSA) is 81.4 Å². The molecule has 1 aromatic carbocycles. The predicted octanol–water partition coefficient (Wildman–Crippen LogP) is 1.56. The first-order valence-corrected chi connectivity index (χ1v) is 7.23. The van der Waals surface area contributed by atoms with Gasteiger partial charge in [-0.05, 0) is 24.6 Å². The molecule has 0 aliphatic heterocycles. The molecule has 0 saturated heterocycles. The summed E-state index contributed by atoms with van der Waals surface area (Å²) in [7, 11) is 1.61. The zero-order valence-corrected chi connectivity index (χ0v) is 12.9. The minimum absolute atomic E-state index is 0.0347. The highest BCUT2D eigenvalue weighted by atomic mass is 16.5. The van der Waals surface area contributed by atoms with Gasteiger partial charge < -0.3 is 10.1 Å². The molecule has 0 aliphatic carbocycles. The molecule has 3 rings (SSSR count). The second-order valence-corrected chi connectivity index (χ2v) is 5.29. The highest BCUT2D eigenvalue weighted by molar-refractivity contribution is 5.94. The van der Waals surface area contributed by atoms with Crippen LogP contribution in [-0.4, -0.2) is 45.2 Å². The Morgan fingerprint density at radius 1 is 1.30 bits per heavy atom. The summed E-state index contributed by atoms with van der Waals surface area (Å²) in [5.41, 5.74) is 2.50. The number of ether oxygens (including phenoxy) is 1. The molecule has 0 radical (unpaired) electrons. The van der Waals surface area contributed by atoms with Crippen molar-refractivity contribution in [1.82, 2.24) is 24.9 Å². The van der Waals surface area contributed by atoms with Crippen LogP contribution >= 0.6 is 0 Å². The largest absolute Gasteiger partial charge is 0.383 e. The standard InChI is InChI=1S/C16H17N5O2/c1-11(9-23-2)19-15(22)13-5-3-12(4-6-13)14-7-17-16-20-18-10-21(16)8-14/h3-8,10-11H,9H2,1-2H3,(H,19,22)/t11-/m1/s1. The van der Waals surface area contributed by atoms with Crippen molar-refractivity contribution in [3.63, 3.8) is 0 Å². The van der Waals surface area contributed by atoms with Gasteiger partial charge in [-0.3, -0.25) is 9.20 Å². The molecule has 1 atom stereocenters. The minimum Gasteiger partial charge on any atom is -0.383 e. The Labute approximate surface area is 133 Å². The number of benzene rings is 1. The maximum absolute atomic E-state index is 12.1. The number of carbonyl (C=O) groups excluding carboxylic acids is 1. The molecule has 0 saturated carbocycles. The van der Waals surface area contributed by atoms with E-state index >= 15 is 0 Å². The van der Waals surface area contributed by atoms with Gasteiger partial charge in [0.15, 0.2) is 0 Å². The number of hydrogen-bond donors (Lipinski definition) is 1. The molecule has 118 valence electrons. The fourth-order valence-corrected chi connectivity index (χ4v) is 2.29. The summed E-state index contributed by atoms with van der Waals surface area (Å²) < 4.78 is 6.76. The molecule has 0 bridgehead atoms. The summed E-state index contributed by atoms with van der Waals surface area (Å²) >= 11 is 0. The zero-order valence-electron chi connectivity index (χ0n) is 12.9. The van der Waals surface area contributed by atoms with Crippen molar-refractivity contribution >= 4 is 11.7 Å². The van der Waals surface area contributed by atoms with E-state index < -0.39 is 0 Å². The monoisotopic (exact) mass is 311 g/mol. The van der Waals surface area contributed by atoms with Gasteiger partial charge in [0.25, 0.3) is 11.7 Å². The van der Waals surface area contributed by atoms with Crippen molar-refractivity contribution in [2.24, 2.45) is 0 Å². The lowest BCUT2D eigenvalue weighted by Crippen LogP contribution is -2.35. The maximum atomic E-state index is 12.1. The molecule has 23 heavy (non-hydrogen) atoms. The van der Waals surface area contributed by atoms with E-state index in [2.05, 4.69) is 20.5 Å². The first-order valence-electron chi connectivity index (χ1n) is 7.23. The third-order valence-electron chi connectivity index (χ3n) is 3.43. The predicted molar refractivity (Wildman–Crippen MR) is 85.0 cm³/mol. The fourth-order valence-electron chi connectivity index (χ4n) is 2.29. The van der Waals surface area contributed by atoms with E-state index in [1.807, 2.05) is 25.3 Å². The zero-order chi connectivity index (χ0) is 16.2. The number of methoxy groups -OCH3 is 1. The lowest BCUT2D eigenvalue weighted by Gasteiger charge is -2.12. The van der Waals surface area contributed by atoms with Crippen LogP contribution in [-0.2, 0) is 4.74 Å². The Hall–Kier alpha value is -2.80. The van der Waals surface area contributed by atoms with E-state index in [1.165, 1.54) is 0 Å². The number of nitrogens with zero attached hydrogens (tertiary/aromatic N) is 4. The normalized spacial score (nSPS) is 12.3. The Bertz CT molecular complexity index is 813. The van der Waals surface area contributed by atoms with E-state index in [0.29, 0.717) is 17.9 Å². The molecule has 7 heteroatoms. The summed E-state index contributed by atoms with van der Waals surface area (Å²) in [5, 5.41) is 10.6. The van der Waals surface area contributed by atoms with Gasteiger partial charge in [0.2, 0.25) is 0 Å². The first kappa shape index (κ1) is 15.1. The van der Waals surface area contributed by atoms with Gasteiger partial charge in [0, 0.05) is 36.7 Å². The maximum Gasteiger partial charge on any atom is 0.254 e. The lowest BCUT2D eigenvalue weighted by molar-refractivity contribution is 0.0905. The Morgan fingerprint density at radius 3 is 2.83 bits per heavy atom. The van der Waals surface area contributed by atoms with Gasteiger partial charge in [-0.2, -0.15) is 0 Å². The van der Waals surface area contributed by atoms with E-state index in [1.54, 1.807) is 36.2 Å². The Morgan fingerprint density at radius 2 is 2.09 bits per heavy atom. The third kappa shape index (κ3) is 3.35. The highest BCUT2D eigenvalue weighted by Gasteiger charge is 2.10. The lowest BCUT2D eigenvalue weighted by atomic mass is 10.1. The molecular formula is C16H17N5O2. The van der Waals surface area contributed by atoms with E-state index in [9.17, 15) is 4.79 Å². The summed E-state index contributed by atoms with van der Waals surface area (Å²) in [6.45, 7) is 2.38. The Kier molecular flexibility index (Phi) is 4.29. The first-order chi connectivity index (χ1) is 11.2. The third-order valence-corrected chi connectivity index (χ3v) is 3.43. The number of amides is 1. The number of hydrogen-bond acceptors (Lipinski definition) is 5. The SMILES string of the molecule is COC[C@@H](C)NC(=O)c1ccc(-c2cnc3nncn3c2)cc1. The van der Waals surface area contributed by atoms with Gasteiger partial charge >= 0.3 is 0 Å². The average molecular weight is 311 g/mol. The van der Waals surface area contributed by atoms with Crippen LogP contribution in [0.5, 0.6) is 0 Å². The van der Waals surface area contributed by atoms with E-state index in [-0.39, 0.29) is 11.9 Å². The second kappa shape index (κ2) is 6.53. The van der Waals surface area contributed by atoms with Gasteiger partial charge in [0.1, 0.15) is 6.33 Å². The number of fused-ring (bicyclic) bond motifs is 1. The summed E-state index contributed by atoms with van der Waals surface area (Å²) in [5.74, 6) is 0.436. The van der Waals surface area contributed by atoms with Gasteiger partial charge in [-0.1, -0.05) is 12.1 Å². The van der Waals surface area contributed by atoms with Crippen LogP contribution in [0.15, 0.2) is 43.0 Å². The van der Waals surface area contributed by atoms with Crippen molar-refractivity contribution in [3.05, 3.63) is 48.5 Å². The average Bonchev–Trinajstić information content (AvgIpc) is 3.02. The molecule has 1 N–H and O–H groups in total. The molecular weight excluding hydrogens is 294 g/mol. The molecule has 0 fully saturated rings. The van der Waals surface area contributed by atoms with Gasteiger partial charge in [-0.25, -0.2) is 4.98 Å².